The SMILES string of the molecule is c1ccc(-c2ccc3ncc(Nc4ccncc4)n3n2)cc1. The van der Waals surface area contributed by atoms with E-state index in [2.05, 4.69) is 20.4 Å². The smallest absolute Gasteiger partial charge is 0.155 e. The first-order valence-electron chi connectivity index (χ1n) is 6.97. The van der Waals surface area contributed by atoms with E-state index >= 15 is 0 Å². The second-order valence-electron chi connectivity index (χ2n) is 4.86. The summed E-state index contributed by atoms with van der Waals surface area (Å²) in [4.78, 5) is 8.38. The van der Waals surface area contributed by atoms with Gasteiger partial charge < -0.3 is 5.32 Å². The van der Waals surface area contributed by atoms with Gasteiger partial charge in [-0.05, 0) is 24.3 Å². The average molecular weight is 287 g/mol. The number of imidazole rings is 1. The summed E-state index contributed by atoms with van der Waals surface area (Å²) in [5.41, 5.74) is 3.73. The number of fused-ring (bicyclic) bond motifs is 1. The molecule has 0 saturated carbocycles. The van der Waals surface area contributed by atoms with E-state index in [-0.39, 0.29) is 0 Å². The normalized spacial score (nSPS) is 10.7. The molecule has 106 valence electrons. The van der Waals surface area contributed by atoms with Crippen LogP contribution in [0.1, 0.15) is 0 Å². The Hall–Kier alpha value is -3.21. The lowest BCUT2D eigenvalue weighted by atomic mass is 10.1. The number of aromatic nitrogens is 4. The third kappa shape index (κ3) is 2.29. The van der Waals surface area contributed by atoms with Gasteiger partial charge >= 0.3 is 0 Å². The van der Waals surface area contributed by atoms with Crippen LogP contribution < -0.4 is 5.32 Å². The minimum absolute atomic E-state index is 0.802. The summed E-state index contributed by atoms with van der Waals surface area (Å²) in [6, 6.07) is 17.8. The molecule has 1 aromatic carbocycles. The van der Waals surface area contributed by atoms with E-state index in [4.69, 9.17) is 0 Å². The first-order valence-corrected chi connectivity index (χ1v) is 6.97. The Morgan fingerprint density at radius 2 is 1.68 bits per heavy atom. The molecule has 0 saturated heterocycles. The third-order valence-electron chi connectivity index (χ3n) is 3.38. The molecule has 0 spiro atoms. The maximum absolute atomic E-state index is 4.68. The number of benzene rings is 1. The van der Waals surface area contributed by atoms with Gasteiger partial charge in [0.25, 0.3) is 0 Å². The molecule has 0 aliphatic rings. The quantitative estimate of drug-likeness (QED) is 0.626. The molecule has 5 nitrogen and oxygen atoms in total. The Morgan fingerprint density at radius 3 is 2.50 bits per heavy atom. The molecule has 0 aliphatic heterocycles. The summed E-state index contributed by atoms with van der Waals surface area (Å²) >= 11 is 0. The van der Waals surface area contributed by atoms with Crippen molar-refractivity contribution < 1.29 is 0 Å². The van der Waals surface area contributed by atoms with Gasteiger partial charge in [-0.25, -0.2) is 4.98 Å². The second-order valence-corrected chi connectivity index (χ2v) is 4.86. The molecule has 5 heteroatoms. The molecule has 0 aliphatic carbocycles. The predicted molar refractivity (Wildman–Crippen MR) is 85.9 cm³/mol. The molecule has 4 rings (SSSR count). The molecule has 0 bridgehead atoms. The maximum atomic E-state index is 4.68. The summed E-state index contributed by atoms with van der Waals surface area (Å²) in [6.07, 6.45) is 5.26. The zero-order valence-corrected chi connectivity index (χ0v) is 11.7. The van der Waals surface area contributed by atoms with Crippen LogP contribution in [0.15, 0.2) is 73.2 Å². The van der Waals surface area contributed by atoms with Gasteiger partial charge in [0, 0.05) is 23.6 Å². The van der Waals surface area contributed by atoms with E-state index in [1.54, 1.807) is 18.6 Å². The van der Waals surface area contributed by atoms with Gasteiger partial charge in [0.15, 0.2) is 11.5 Å². The van der Waals surface area contributed by atoms with Crippen LogP contribution in [0.4, 0.5) is 11.5 Å². The molecule has 4 aromatic rings. The average Bonchev–Trinajstić information content (AvgIpc) is 2.99. The van der Waals surface area contributed by atoms with Crippen molar-refractivity contribution in [3.8, 4) is 11.3 Å². The summed E-state index contributed by atoms with van der Waals surface area (Å²) in [5.74, 6) is 0.819. The van der Waals surface area contributed by atoms with E-state index < -0.39 is 0 Å². The van der Waals surface area contributed by atoms with Gasteiger partial charge in [0.2, 0.25) is 0 Å². The van der Waals surface area contributed by atoms with Crippen molar-refractivity contribution in [2.75, 3.05) is 5.32 Å². The van der Waals surface area contributed by atoms with Crippen molar-refractivity contribution in [1.82, 2.24) is 19.6 Å². The first kappa shape index (κ1) is 12.5. The van der Waals surface area contributed by atoms with E-state index in [0.29, 0.717) is 0 Å². The number of pyridine rings is 1. The van der Waals surface area contributed by atoms with Crippen LogP contribution in [-0.4, -0.2) is 19.6 Å². The molecule has 0 unspecified atom stereocenters. The van der Waals surface area contributed by atoms with Crippen LogP contribution in [0, 0.1) is 0 Å². The van der Waals surface area contributed by atoms with Crippen LogP contribution in [-0.2, 0) is 0 Å². The number of nitrogens with one attached hydrogen (secondary N) is 1. The molecule has 0 radical (unpaired) electrons. The van der Waals surface area contributed by atoms with Crippen molar-refractivity contribution in [2.45, 2.75) is 0 Å². The van der Waals surface area contributed by atoms with Crippen molar-refractivity contribution in [3.63, 3.8) is 0 Å². The number of hydrogen-bond acceptors (Lipinski definition) is 4. The van der Waals surface area contributed by atoms with Crippen LogP contribution in [0.2, 0.25) is 0 Å². The lowest BCUT2D eigenvalue weighted by molar-refractivity contribution is 0.948. The Bertz CT molecular complexity index is 900. The summed E-state index contributed by atoms with van der Waals surface area (Å²) in [5, 5.41) is 7.98. The van der Waals surface area contributed by atoms with Gasteiger partial charge in [-0.2, -0.15) is 9.61 Å². The van der Waals surface area contributed by atoms with Crippen molar-refractivity contribution >= 4 is 17.2 Å². The van der Waals surface area contributed by atoms with Gasteiger partial charge in [-0.3, -0.25) is 4.98 Å². The summed E-state index contributed by atoms with van der Waals surface area (Å²) in [7, 11) is 0. The molecule has 22 heavy (non-hydrogen) atoms. The van der Waals surface area contributed by atoms with E-state index in [9.17, 15) is 0 Å². The lowest BCUT2D eigenvalue weighted by Gasteiger charge is -2.06. The zero-order chi connectivity index (χ0) is 14.8. The van der Waals surface area contributed by atoms with E-state index in [1.807, 2.05) is 59.1 Å². The largest absolute Gasteiger partial charge is 0.339 e. The van der Waals surface area contributed by atoms with Gasteiger partial charge in [-0.1, -0.05) is 30.3 Å². The number of nitrogens with zero attached hydrogens (tertiary/aromatic N) is 4. The topological polar surface area (TPSA) is 55.1 Å². The maximum Gasteiger partial charge on any atom is 0.155 e. The molecule has 3 heterocycles. The molecule has 0 atom stereocenters. The highest BCUT2D eigenvalue weighted by molar-refractivity contribution is 5.63. The highest BCUT2D eigenvalue weighted by Gasteiger charge is 2.07. The lowest BCUT2D eigenvalue weighted by Crippen LogP contribution is -2.00. The van der Waals surface area contributed by atoms with Crippen molar-refractivity contribution in [1.29, 1.82) is 0 Å². The monoisotopic (exact) mass is 287 g/mol. The van der Waals surface area contributed by atoms with Gasteiger partial charge in [0.1, 0.15) is 0 Å². The Morgan fingerprint density at radius 1 is 0.864 bits per heavy atom. The summed E-state index contributed by atoms with van der Waals surface area (Å²) < 4.78 is 1.81. The Balaban J connectivity index is 1.77. The highest BCUT2D eigenvalue weighted by Crippen LogP contribution is 2.20. The zero-order valence-electron chi connectivity index (χ0n) is 11.7. The fraction of sp³-hybridized carbons (Fsp3) is 0. The molecule has 0 amide bonds. The summed E-state index contributed by atoms with van der Waals surface area (Å²) in [6.45, 7) is 0. The number of hydrogen-bond donors (Lipinski definition) is 1. The van der Waals surface area contributed by atoms with Crippen LogP contribution in [0.5, 0.6) is 0 Å². The fourth-order valence-electron chi connectivity index (χ4n) is 2.30. The molecular weight excluding hydrogens is 274 g/mol. The minimum atomic E-state index is 0.802. The highest BCUT2D eigenvalue weighted by atomic mass is 15.3. The van der Waals surface area contributed by atoms with E-state index in [0.717, 1.165) is 28.4 Å². The third-order valence-corrected chi connectivity index (χ3v) is 3.38. The van der Waals surface area contributed by atoms with E-state index in [1.165, 1.54) is 0 Å². The number of rotatable bonds is 3. The van der Waals surface area contributed by atoms with Gasteiger partial charge in [0.05, 0.1) is 11.9 Å². The van der Waals surface area contributed by atoms with Crippen molar-refractivity contribution in [3.05, 3.63) is 73.2 Å². The second kappa shape index (κ2) is 5.29. The van der Waals surface area contributed by atoms with Gasteiger partial charge in [-0.15, -0.1) is 0 Å². The van der Waals surface area contributed by atoms with Crippen LogP contribution in [0.3, 0.4) is 0 Å². The van der Waals surface area contributed by atoms with Crippen LogP contribution >= 0.6 is 0 Å². The van der Waals surface area contributed by atoms with Crippen LogP contribution in [0.25, 0.3) is 16.9 Å². The predicted octanol–water partition coefficient (Wildman–Crippen LogP) is 3.53. The molecular formula is C17H13N5. The molecule has 0 fully saturated rings. The first-order chi connectivity index (χ1) is 10.9. The minimum Gasteiger partial charge on any atom is -0.339 e. The molecule has 1 N–H and O–H groups in total. The standard InChI is InChI=1S/C17H13N5/c1-2-4-13(5-3-1)15-6-7-16-19-12-17(22(16)21-15)20-14-8-10-18-11-9-14/h1-12H,(H,18,20). The Labute approximate surface area is 127 Å². The fourth-order valence-corrected chi connectivity index (χ4v) is 2.30. The molecule has 3 aromatic heterocycles. The Kier molecular flexibility index (Phi) is 3.01. The number of anilines is 2. The van der Waals surface area contributed by atoms with Crippen molar-refractivity contribution in [2.24, 2.45) is 0 Å².